The molecule has 3 unspecified atom stereocenters. The number of nitrogens with two attached hydrogens (primary N) is 2. The summed E-state index contributed by atoms with van der Waals surface area (Å²) in [6, 6.07) is 4.22. The Morgan fingerprint density at radius 3 is 2.56 bits per heavy atom. The summed E-state index contributed by atoms with van der Waals surface area (Å²) < 4.78 is 10.9. The molecular formula is C20H30N4O3. The first-order valence-corrected chi connectivity index (χ1v) is 9.84. The molecule has 3 aliphatic heterocycles. The maximum absolute atomic E-state index is 13.0. The van der Waals surface area contributed by atoms with Crippen molar-refractivity contribution < 1.29 is 14.3 Å². The van der Waals surface area contributed by atoms with E-state index >= 15 is 0 Å². The van der Waals surface area contributed by atoms with E-state index in [1.165, 1.54) is 11.1 Å². The lowest BCUT2D eigenvalue weighted by Gasteiger charge is -2.46. The van der Waals surface area contributed by atoms with Crippen LogP contribution in [0.25, 0.3) is 0 Å². The number of carbonyl (C=O) groups is 1. The van der Waals surface area contributed by atoms with E-state index in [9.17, 15) is 4.79 Å². The number of hydrogen-bond donors (Lipinski definition) is 2. The van der Waals surface area contributed by atoms with Gasteiger partial charge in [0.05, 0.1) is 26.3 Å². The highest BCUT2D eigenvalue weighted by molar-refractivity contribution is 5.80. The van der Waals surface area contributed by atoms with Crippen LogP contribution in [0.1, 0.15) is 36.4 Å². The largest absolute Gasteiger partial charge is 0.493 e. The van der Waals surface area contributed by atoms with Gasteiger partial charge < -0.3 is 25.8 Å². The van der Waals surface area contributed by atoms with Gasteiger partial charge in [-0.2, -0.15) is 0 Å². The fraction of sp³-hybridized carbons (Fsp3) is 0.650. The summed E-state index contributed by atoms with van der Waals surface area (Å²) in [5, 5.41) is 0. The van der Waals surface area contributed by atoms with Gasteiger partial charge in [-0.3, -0.25) is 9.69 Å². The van der Waals surface area contributed by atoms with Crippen LogP contribution >= 0.6 is 0 Å². The Kier molecular flexibility index (Phi) is 5.01. The highest BCUT2D eigenvalue weighted by Crippen LogP contribution is 2.42. The Labute approximate surface area is 160 Å². The van der Waals surface area contributed by atoms with Crippen LogP contribution < -0.4 is 20.9 Å². The number of rotatable bonds is 3. The molecule has 3 heterocycles. The van der Waals surface area contributed by atoms with Crippen LogP contribution in [0, 0.1) is 5.92 Å². The molecule has 7 nitrogen and oxygen atoms in total. The monoisotopic (exact) mass is 374 g/mol. The maximum atomic E-state index is 13.0. The van der Waals surface area contributed by atoms with Crippen molar-refractivity contribution in [3.05, 3.63) is 23.3 Å². The summed E-state index contributed by atoms with van der Waals surface area (Å²) in [6.45, 7) is 2.38. The minimum atomic E-state index is -0.174. The predicted octanol–water partition coefficient (Wildman–Crippen LogP) is 0.857. The number of ether oxygens (including phenoxy) is 2. The Balaban J connectivity index is 1.57. The molecule has 1 aromatic rings. The van der Waals surface area contributed by atoms with Crippen LogP contribution in [0.2, 0.25) is 0 Å². The quantitative estimate of drug-likeness (QED) is 0.815. The summed E-state index contributed by atoms with van der Waals surface area (Å²) >= 11 is 0. The highest BCUT2D eigenvalue weighted by Gasteiger charge is 2.43. The van der Waals surface area contributed by atoms with Gasteiger partial charge in [-0.25, -0.2) is 0 Å². The van der Waals surface area contributed by atoms with Gasteiger partial charge in [-0.1, -0.05) is 0 Å². The molecule has 0 saturated carbocycles. The molecule has 4 atom stereocenters. The SMILES string of the molecule is COc1cc2c(cc1OC)C1CC(N)C(C(=O)N3CCC[C@H]3N)CN1CC2. The van der Waals surface area contributed by atoms with E-state index in [1.807, 2.05) is 4.90 Å². The van der Waals surface area contributed by atoms with E-state index in [0.29, 0.717) is 6.54 Å². The third-order valence-electron chi connectivity index (χ3n) is 6.46. The molecule has 1 amide bonds. The van der Waals surface area contributed by atoms with Crippen LogP contribution in [0.5, 0.6) is 11.5 Å². The second-order valence-electron chi connectivity index (χ2n) is 7.91. The second kappa shape index (κ2) is 7.30. The number of nitrogens with zero attached hydrogens (tertiary/aromatic N) is 2. The van der Waals surface area contributed by atoms with Gasteiger partial charge in [0.1, 0.15) is 0 Å². The van der Waals surface area contributed by atoms with Crippen molar-refractivity contribution in [1.29, 1.82) is 0 Å². The summed E-state index contributed by atoms with van der Waals surface area (Å²) in [5.41, 5.74) is 15.2. The number of carbonyl (C=O) groups excluding carboxylic acids is 1. The van der Waals surface area contributed by atoms with Crippen LogP contribution in [-0.2, 0) is 11.2 Å². The third kappa shape index (κ3) is 3.17. The predicted molar refractivity (Wildman–Crippen MR) is 103 cm³/mol. The first-order chi connectivity index (χ1) is 13.0. The molecule has 2 fully saturated rings. The van der Waals surface area contributed by atoms with E-state index in [2.05, 4.69) is 17.0 Å². The topological polar surface area (TPSA) is 94.0 Å². The van der Waals surface area contributed by atoms with Crippen molar-refractivity contribution in [2.24, 2.45) is 17.4 Å². The van der Waals surface area contributed by atoms with E-state index in [-0.39, 0.29) is 30.1 Å². The molecule has 2 saturated heterocycles. The number of hydrogen-bond acceptors (Lipinski definition) is 6. The zero-order chi connectivity index (χ0) is 19.1. The standard InChI is InChI=1S/C20H30N4O3/c1-26-17-8-12-5-7-23-11-14(20(25)24-6-3-4-19(24)22)15(21)10-16(23)13(12)9-18(17)27-2/h8-9,14-16,19H,3-7,10-11,21-22H2,1-2H3/t14?,15?,16?,19-/m0/s1. The zero-order valence-corrected chi connectivity index (χ0v) is 16.2. The van der Waals surface area contributed by atoms with Crippen LogP contribution in [0.4, 0.5) is 0 Å². The van der Waals surface area contributed by atoms with Crippen LogP contribution in [0.3, 0.4) is 0 Å². The molecule has 7 heteroatoms. The number of fused-ring (bicyclic) bond motifs is 3. The lowest BCUT2D eigenvalue weighted by molar-refractivity contribution is -0.139. The number of amides is 1. The molecule has 0 radical (unpaired) electrons. The summed E-state index contributed by atoms with van der Waals surface area (Å²) in [7, 11) is 3.32. The molecule has 27 heavy (non-hydrogen) atoms. The lowest BCUT2D eigenvalue weighted by Crippen LogP contribution is -2.57. The minimum Gasteiger partial charge on any atom is -0.493 e. The number of methoxy groups -OCH3 is 2. The molecule has 0 bridgehead atoms. The summed E-state index contributed by atoms with van der Waals surface area (Å²) in [4.78, 5) is 17.3. The Morgan fingerprint density at radius 2 is 1.89 bits per heavy atom. The fourth-order valence-corrected chi connectivity index (χ4v) is 4.93. The third-order valence-corrected chi connectivity index (χ3v) is 6.46. The highest BCUT2D eigenvalue weighted by atomic mass is 16.5. The van der Waals surface area contributed by atoms with Crippen molar-refractivity contribution in [1.82, 2.24) is 9.80 Å². The fourth-order valence-electron chi connectivity index (χ4n) is 4.93. The Morgan fingerprint density at radius 1 is 1.15 bits per heavy atom. The minimum absolute atomic E-state index is 0.129. The van der Waals surface area contributed by atoms with Gasteiger partial charge in [-0.15, -0.1) is 0 Å². The maximum Gasteiger partial charge on any atom is 0.229 e. The van der Waals surface area contributed by atoms with Gasteiger partial charge in [0, 0.05) is 31.7 Å². The van der Waals surface area contributed by atoms with E-state index in [4.69, 9.17) is 20.9 Å². The van der Waals surface area contributed by atoms with Crippen molar-refractivity contribution in [3.8, 4) is 11.5 Å². The first-order valence-electron chi connectivity index (χ1n) is 9.84. The molecule has 0 spiro atoms. The Hall–Kier alpha value is -1.83. The van der Waals surface area contributed by atoms with Crippen LogP contribution in [0.15, 0.2) is 12.1 Å². The lowest BCUT2D eigenvalue weighted by atomic mass is 9.80. The molecule has 4 N–H and O–H groups in total. The number of benzene rings is 1. The van der Waals surface area contributed by atoms with Crippen molar-refractivity contribution in [3.63, 3.8) is 0 Å². The van der Waals surface area contributed by atoms with Crippen molar-refractivity contribution in [2.45, 2.75) is 43.9 Å². The van der Waals surface area contributed by atoms with E-state index in [1.54, 1.807) is 14.2 Å². The van der Waals surface area contributed by atoms with Crippen LogP contribution in [-0.4, -0.2) is 61.8 Å². The van der Waals surface area contributed by atoms with Gasteiger partial charge in [-0.05, 0) is 48.9 Å². The first kappa shape index (κ1) is 18.5. The van der Waals surface area contributed by atoms with Gasteiger partial charge in [0.15, 0.2) is 11.5 Å². The van der Waals surface area contributed by atoms with Crippen molar-refractivity contribution in [2.75, 3.05) is 33.9 Å². The summed E-state index contributed by atoms with van der Waals surface area (Å²) in [6.07, 6.45) is 3.42. The number of likely N-dealkylation sites (tertiary alicyclic amines) is 1. The second-order valence-corrected chi connectivity index (χ2v) is 7.91. The van der Waals surface area contributed by atoms with Crippen molar-refractivity contribution >= 4 is 5.91 Å². The Bertz CT molecular complexity index is 725. The van der Waals surface area contributed by atoms with E-state index < -0.39 is 0 Å². The number of piperidine rings is 1. The average Bonchev–Trinajstić information content (AvgIpc) is 3.11. The van der Waals surface area contributed by atoms with Gasteiger partial charge in [0.2, 0.25) is 5.91 Å². The molecule has 3 aliphatic rings. The summed E-state index contributed by atoms with van der Waals surface area (Å²) in [5.74, 6) is 1.46. The molecule has 148 valence electrons. The molecule has 0 aromatic heterocycles. The van der Waals surface area contributed by atoms with E-state index in [0.717, 1.165) is 50.3 Å². The normalized spacial score (nSPS) is 30.6. The molecule has 1 aromatic carbocycles. The average molecular weight is 374 g/mol. The van der Waals surface area contributed by atoms with Gasteiger partial charge in [0.25, 0.3) is 0 Å². The van der Waals surface area contributed by atoms with Gasteiger partial charge >= 0.3 is 0 Å². The smallest absolute Gasteiger partial charge is 0.229 e. The molecule has 0 aliphatic carbocycles. The zero-order valence-electron chi connectivity index (χ0n) is 16.2. The molecule has 4 rings (SSSR count). The molecular weight excluding hydrogens is 344 g/mol.